The maximum absolute atomic E-state index is 14.1. The van der Waals surface area contributed by atoms with Crippen molar-refractivity contribution in [3.63, 3.8) is 0 Å². The van der Waals surface area contributed by atoms with Gasteiger partial charge in [-0.15, -0.1) is 0 Å². The van der Waals surface area contributed by atoms with E-state index in [1.54, 1.807) is 0 Å². The van der Waals surface area contributed by atoms with E-state index in [0.717, 1.165) is 18.3 Å². The topological polar surface area (TPSA) is 93.9 Å². The lowest BCUT2D eigenvalue weighted by atomic mass is 9.78. The summed E-state index contributed by atoms with van der Waals surface area (Å²) in [6, 6.07) is 11.6. The first kappa shape index (κ1) is 26.9. The van der Waals surface area contributed by atoms with Gasteiger partial charge in [0.15, 0.2) is 11.9 Å². The normalized spacial score (nSPS) is 14.5. The highest BCUT2D eigenvalue weighted by Crippen LogP contribution is 2.50. The molecule has 0 saturated carbocycles. The summed E-state index contributed by atoms with van der Waals surface area (Å²) in [7, 11) is 1.46. The van der Waals surface area contributed by atoms with Crippen LogP contribution < -0.4 is 4.90 Å². The van der Waals surface area contributed by atoms with Gasteiger partial charge < -0.3 is 20.2 Å². The van der Waals surface area contributed by atoms with E-state index in [9.17, 15) is 33.3 Å². The van der Waals surface area contributed by atoms with Gasteiger partial charge in [-0.05, 0) is 47.5 Å². The van der Waals surface area contributed by atoms with Gasteiger partial charge in [0, 0.05) is 41.0 Å². The molecule has 0 radical (unpaired) electrons. The zero-order chi connectivity index (χ0) is 26.1. The third-order valence-electron chi connectivity index (χ3n) is 5.82. The lowest BCUT2D eigenvalue weighted by Gasteiger charge is -2.37. The second-order valence-electron chi connectivity index (χ2n) is 7.92. The van der Waals surface area contributed by atoms with Crippen molar-refractivity contribution in [2.45, 2.75) is 30.9 Å². The van der Waals surface area contributed by atoms with Gasteiger partial charge in [0.05, 0.1) is 0 Å². The molecule has 3 rings (SSSR count). The zero-order valence-corrected chi connectivity index (χ0v) is 20.0. The minimum Gasteiger partial charge on any atom is -0.376 e. The third-order valence-corrected chi connectivity index (χ3v) is 6.36. The van der Waals surface area contributed by atoms with Gasteiger partial charge in [0.25, 0.3) is 5.91 Å². The first-order valence-electron chi connectivity index (χ1n) is 10.2. The van der Waals surface area contributed by atoms with E-state index in [4.69, 9.17) is 23.2 Å². The summed E-state index contributed by atoms with van der Waals surface area (Å²) in [4.78, 5) is 17.7. The fraction of sp³-hybridized carbons (Fsp3) is 0.250. The summed E-state index contributed by atoms with van der Waals surface area (Å²) in [5.41, 5.74) is -3.05. The smallest absolute Gasteiger partial charge is 0.376 e. The number of hydrogen-bond acceptors (Lipinski definition) is 5. The summed E-state index contributed by atoms with van der Waals surface area (Å²) < 4.78 is 42.4. The summed E-state index contributed by atoms with van der Waals surface area (Å²) in [6.45, 7) is 1.19. The Bertz CT molecular complexity index is 1220. The van der Waals surface area contributed by atoms with Crippen LogP contribution in [0.4, 0.5) is 18.9 Å². The number of aliphatic hydroxyl groups is 3. The highest BCUT2D eigenvalue weighted by atomic mass is 35.5. The quantitative estimate of drug-likeness (QED) is 0.302. The Kier molecular flexibility index (Phi) is 7.78. The van der Waals surface area contributed by atoms with Crippen molar-refractivity contribution in [3.8, 4) is 0 Å². The Hall–Kier alpha value is -2.69. The number of halogens is 5. The summed E-state index contributed by atoms with van der Waals surface area (Å²) >= 11 is 12.1. The molecule has 2 aromatic carbocycles. The van der Waals surface area contributed by atoms with Gasteiger partial charge >= 0.3 is 6.18 Å². The SMILES string of the molecule is CC(c1ccc(N(C)C(=O)c2ccc(C(O)O)cc2)cc1Cl)C(O)(c1ccnc(Cl)c1)C(F)(F)F. The minimum absolute atomic E-state index is 0.00492. The van der Waals surface area contributed by atoms with E-state index < -0.39 is 35.5 Å². The Morgan fingerprint density at radius 1 is 1.03 bits per heavy atom. The maximum atomic E-state index is 14.1. The number of rotatable bonds is 6. The summed E-state index contributed by atoms with van der Waals surface area (Å²) in [5, 5.41) is 29.0. The Morgan fingerprint density at radius 2 is 1.66 bits per heavy atom. The van der Waals surface area contributed by atoms with Crippen LogP contribution in [0.2, 0.25) is 10.2 Å². The molecule has 0 aliphatic heterocycles. The standard InChI is InChI=1S/C24H21Cl2F3N2O4/c1-13(23(35,24(27,28)29)16-9-10-30-20(26)11-16)18-8-7-17(12-19(18)25)31(2)21(32)14-3-5-15(6-4-14)22(33)34/h3-13,22,33-35H,1-2H3. The van der Waals surface area contributed by atoms with E-state index in [1.165, 1.54) is 61.3 Å². The molecule has 11 heteroatoms. The summed E-state index contributed by atoms with van der Waals surface area (Å²) in [5.74, 6) is -2.00. The summed E-state index contributed by atoms with van der Waals surface area (Å²) in [6.07, 6.45) is -5.68. The largest absolute Gasteiger partial charge is 0.422 e. The number of anilines is 1. The Morgan fingerprint density at radius 3 is 2.17 bits per heavy atom. The molecule has 0 aliphatic carbocycles. The Labute approximate surface area is 209 Å². The minimum atomic E-state index is -5.07. The third kappa shape index (κ3) is 5.29. The number of carbonyl (C=O) groups excluding carboxylic acids is 1. The molecule has 3 N–H and O–H groups in total. The molecule has 186 valence electrons. The van der Waals surface area contributed by atoms with Crippen LogP contribution in [0.25, 0.3) is 0 Å². The molecular weight excluding hydrogens is 508 g/mol. The highest BCUT2D eigenvalue weighted by molar-refractivity contribution is 6.32. The Balaban J connectivity index is 1.94. The fourth-order valence-electron chi connectivity index (χ4n) is 3.71. The molecule has 1 aromatic heterocycles. The van der Waals surface area contributed by atoms with Gasteiger partial charge in [-0.25, -0.2) is 4.98 Å². The van der Waals surface area contributed by atoms with Crippen LogP contribution >= 0.6 is 23.2 Å². The van der Waals surface area contributed by atoms with Crippen molar-refractivity contribution in [1.29, 1.82) is 0 Å². The molecule has 35 heavy (non-hydrogen) atoms. The predicted octanol–water partition coefficient (Wildman–Crippen LogP) is 5.20. The average molecular weight is 529 g/mol. The maximum Gasteiger partial charge on any atom is 0.422 e. The number of carbonyl (C=O) groups is 1. The van der Waals surface area contributed by atoms with Crippen LogP contribution in [-0.4, -0.2) is 39.4 Å². The second kappa shape index (κ2) is 10.1. The van der Waals surface area contributed by atoms with Gasteiger partial charge in [-0.3, -0.25) is 4.79 Å². The monoisotopic (exact) mass is 528 g/mol. The van der Waals surface area contributed by atoms with E-state index in [1.807, 2.05) is 0 Å². The molecule has 6 nitrogen and oxygen atoms in total. The van der Waals surface area contributed by atoms with Crippen molar-refractivity contribution in [3.05, 3.63) is 93.2 Å². The number of aliphatic hydroxyl groups excluding tert-OH is 1. The van der Waals surface area contributed by atoms with Crippen LogP contribution in [0, 0.1) is 0 Å². The first-order chi connectivity index (χ1) is 16.3. The van der Waals surface area contributed by atoms with Crippen molar-refractivity contribution in [2.75, 3.05) is 11.9 Å². The molecule has 2 atom stereocenters. The number of aromatic nitrogens is 1. The molecule has 1 heterocycles. The van der Waals surface area contributed by atoms with Crippen molar-refractivity contribution < 1.29 is 33.3 Å². The molecule has 0 spiro atoms. The lowest BCUT2D eigenvalue weighted by Crippen LogP contribution is -2.46. The van der Waals surface area contributed by atoms with Crippen molar-refractivity contribution in [1.82, 2.24) is 4.98 Å². The second-order valence-corrected chi connectivity index (χ2v) is 8.71. The van der Waals surface area contributed by atoms with Gasteiger partial charge in [-0.1, -0.05) is 48.3 Å². The fourth-order valence-corrected chi connectivity index (χ4v) is 4.22. The molecule has 1 amide bonds. The van der Waals surface area contributed by atoms with Crippen molar-refractivity contribution in [2.24, 2.45) is 0 Å². The van der Waals surface area contributed by atoms with Crippen molar-refractivity contribution >= 4 is 34.8 Å². The number of nitrogens with zero attached hydrogens (tertiary/aromatic N) is 2. The van der Waals surface area contributed by atoms with E-state index in [2.05, 4.69) is 4.98 Å². The highest BCUT2D eigenvalue weighted by Gasteiger charge is 2.59. The lowest BCUT2D eigenvalue weighted by molar-refractivity contribution is -0.274. The first-order valence-corrected chi connectivity index (χ1v) is 11.0. The number of pyridine rings is 1. The zero-order valence-electron chi connectivity index (χ0n) is 18.5. The molecule has 0 bridgehead atoms. The molecule has 2 unspecified atom stereocenters. The van der Waals surface area contributed by atoms with Crippen LogP contribution in [-0.2, 0) is 5.60 Å². The van der Waals surface area contributed by atoms with Crippen LogP contribution in [0.15, 0.2) is 60.8 Å². The molecular formula is C24H21Cl2F3N2O4. The van der Waals surface area contributed by atoms with E-state index in [0.29, 0.717) is 5.69 Å². The molecule has 3 aromatic rings. The van der Waals surface area contributed by atoms with Crippen LogP contribution in [0.5, 0.6) is 0 Å². The predicted molar refractivity (Wildman–Crippen MR) is 125 cm³/mol. The molecule has 0 fully saturated rings. The molecule has 0 aliphatic rings. The number of alkyl halides is 3. The van der Waals surface area contributed by atoms with E-state index in [-0.39, 0.29) is 26.9 Å². The van der Waals surface area contributed by atoms with Gasteiger partial charge in [0.1, 0.15) is 5.15 Å². The number of hydrogen-bond donors (Lipinski definition) is 3. The van der Waals surface area contributed by atoms with Gasteiger partial charge in [0.2, 0.25) is 0 Å². The van der Waals surface area contributed by atoms with Crippen LogP contribution in [0.1, 0.15) is 46.2 Å². The average Bonchev–Trinajstić information content (AvgIpc) is 2.81. The van der Waals surface area contributed by atoms with E-state index >= 15 is 0 Å². The molecule has 0 saturated heterocycles. The van der Waals surface area contributed by atoms with Gasteiger partial charge in [-0.2, -0.15) is 13.2 Å². The van der Waals surface area contributed by atoms with Crippen LogP contribution in [0.3, 0.4) is 0 Å². The number of benzene rings is 2. The number of amides is 1.